The molecule has 1 nitrogen and oxygen atoms in total. The molecule has 0 atom stereocenters. The minimum atomic E-state index is -2.65. The first kappa shape index (κ1) is 8.82. The van der Waals surface area contributed by atoms with Crippen LogP contribution in [-0.2, 0) is 0 Å². The highest BCUT2D eigenvalue weighted by atomic mass is 19.3. The van der Waals surface area contributed by atoms with E-state index in [2.05, 4.69) is 0 Å². The maximum Gasteiger partial charge on any atom is 0.302 e. The van der Waals surface area contributed by atoms with Crippen LogP contribution in [0.15, 0.2) is 0 Å². The average Bonchev–Trinajstić information content (AvgIpc) is 1.65. The largest absolute Gasteiger partial charge is 0.302 e. The van der Waals surface area contributed by atoms with E-state index in [1.54, 1.807) is 13.8 Å². The summed E-state index contributed by atoms with van der Waals surface area (Å²) in [6, 6.07) is -2.65. The van der Waals surface area contributed by atoms with E-state index in [0.29, 0.717) is 13.1 Å². The van der Waals surface area contributed by atoms with Gasteiger partial charge in [0.1, 0.15) is 0 Å². The van der Waals surface area contributed by atoms with E-state index in [4.69, 9.17) is 0 Å². The number of halogens is 2. The molecular formula is C6H13F2N. The Balaban J connectivity index is 3.79. The van der Waals surface area contributed by atoms with Gasteiger partial charge in [0.25, 0.3) is 0 Å². The van der Waals surface area contributed by atoms with Crippen molar-refractivity contribution in [1.29, 1.82) is 0 Å². The van der Waals surface area contributed by atoms with Gasteiger partial charge >= 0.3 is 6.05 Å². The number of hydrogen-bond acceptors (Lipinski definition) is 1. The minimum absolute atomic E-state index is 0.403. The van der Waals surface area contributed by atoms with Crippen molar-refractivity contribution in [3.05, 3.63) is 0 Å². The first-order chi connectivity index (χ1) is 4.02. The van der Waals surface area contributed by atoms with Crippen molar-refractivity contribution in [2.75, 3.05) is 13.1 Å². The molecule has 0 saturated carbocycles. The molecule has 0 radical (unpaired) electrons. The van der Waals surface area contributed by atoms with E-state index in [1.807, 2.05) is 0 Å². The molecule has 0 aromatic heterocycles. The fourth-order valence-corrected chi connectivity index (χ4v) is 0.779. The molecule has 0 spiro atoms. The maximum atomic E-state index is 12.3. The lowest BCUT2D eigenvalue weighted by atomic mass is 10.4. The highest BCUT2D eigenvalue weighted by molar-refractivity contribution is 4.59. The van der Waals surface area contributed by atoms with Crippen LogP contribution in [0.2, 0.25) is 0 Å². The van der Waals surface area contributed by atoms with E-state index in [-0.39, 0.29) is 0 Å². The quantitative estimate of drug-likeness (QED) is 0.537. The van der Waals surface area contributed by atoms with Gasteiger partial charge in [0.15, 0.2) is 0 Å². The van der Waals surface area contributed by atoms with Crippen LogP contribution in [0.1, 0.15) is 20.8 Å². The molecule has 0 unspecified atom stereocenters. The van der Waals surface area contributed by atoms with Gasteiger partial charge in [0.05, 0.1) is 0 Å². The highest BCUT2D eigenvalue weighted by Gasteiger charge is 2.27. The zero-order valence-corrected chi connectivity index (χ0v) is 6.12. The molecule has 9 heavy (non-hydrogen) atoms. The van der Waals surface area contributed by atoms with Crippen LogP contribution in [0.5, 0.6) is 0 Å². The van der Waals surface area contributed by atoms with Gasteiger partial charge in [-0.25, -0.2) is 4.90 Å². The first-order valence-electron chi connectivity index (χ1n) is 3.15. The van der Waals surface area contributed by atoms with Crippen LogP contribution >= 0.6 is 0 Å². The van der Waals surface area contributed by atoms with Crippen molar-refractivity contribution in [3.8, 4) is 0 Å². The predicted octanol–water partition coefficient (Wildman–Crippen LogP) is 1.94. The van der Waals surface area contributed by atoms with Gasteiger partial charge in [-0.15, -0.1) is 0 Å². The summed E-state index contributed by atoms with van der Waals surface area (Å²) >= 11 is 0. The Morgan fingerprint density at radius 2 is 1.56 bits per heavy atom. The van der Waals surface area contributed by atoms with Crippen molar-refractivity contribution in [1.82, 2.24) is 4.90 Å². The SMILES string of the molecule is CCN(CC)C(C)(F)F. The zero-order valence-electron chi connectivity index (χ0n) is 6.12. The summed E-state index contributed by atoms with van der Waals surface area (Å²) in [5.41, 5.74) is 0. The standard InChI is InChI=1S/C6H13F2N/c1-4-9(5-2)6(3,7)8/h4-5H2,1-3H3. The molecule has 0 aromatic carbocycles. The van der Waals surface area contributed by atoms with Crippen LogP contribution in [0.25, 0.3) is 0 Å². The molecule has 0 amide bonds. The molecule has 56 valence electrons. The third-order valence-corrected chi connectivity index (χ3v) is 1.32. The topological polar surface area (TPSA) is 3.24 Å². The predicted molar refractivity (Wildman–Crippen MR) is 33.5 cm³/mol. The van der Waals surface area contributed by atoms with E-state index < -0.39 is 6.05 Å². The van der Waals surface area contributed by atoms with Crippen LogP contribution in [-0.4, -0.2) is 24.0 Å². The van der Waals surface area contributed by atoms with Crippen molar-refractivity contribution in [3.63, 3.8) is 0 Å². The van der Waals surface area contributed by atoms with Crippen molar-refractivity contribution >= 4 is 0 Å². The summed E-state index contributed by atoms with van der Waals surface area (Å²) in [6.45, 7) is 5.17. The maximum absolute atomic E-state index is 12.3. The van der Waals surface area contributed by atoms with Gasteiger partial charge in [0.2, 0.25) is 0 Å². The summed E-state index contributed by atoms with van der Waals surface area (Å²) in [7, 11) is 0. The Hall–Kier alpha value is -0.180. The lowest BCUT2D eigenvalue weighted by Crippen LogP contribution is -2.38. The monoisotopic (exact) mass is 137 g/mol. The molecule has 0 aliphatic carbocycles. The van der Waals surface area contributed by atoms with Crippen LogP contribution < -0.4 is 0 Å². The molecule has 0 heterocycles. The lowest BCUT2D eigenvalue weighted by Gasteiger charge is -2.24. The van der Waals surface area contributed by atoms with Gasteiger partial charge < -0.3 is 0 Å². The van der Waals surface area contributed by atoms with Gasteiger partial charge in [-0.05, 0) is 0 Å². The molecule has 0 aliphatic heterocycles. The summed E-state index contributed by atoms with van der Waals surface area (Å²) in [6.07, 6.45) is 0. The van der Waals surface area contributed by atoms with Gasteiger partial charge in [-0.2, -0.15) is 8.78 Å². The highest BCUT2D eigenvalue weighted by Crippen LogP contribution is 2.16. The molecule has 0 aliphatic rings. The fourth-order valence-electron chi connectivity index (χ4n) is 0.779. The summed E-state index contributed by atoms with van der Waals surface area (Å²) in [5.74, 6) is 0. The summed E-state index contributed by atoms with van der Waals surface area (Å²) in [4.78, 5) is 1.10. The zero-order chi connectivity index (χ0) is 7.49. The van der Waals surface area contributed by atoms with E-state index in [1.165, 1.54) is 0 Å². The van der Waals surface area contributed by atoms with E-state index >= 15 is 0 Å². The molecular weight excluding hydrogens is 124 g/mol. The van der Waals surface area contributed by atoms with E-state index in [9.17, 15) is 8.78 Å². The summed E-state index contributed by atoms with van der Waals surface area (Å²) < 4.78 is 24.6. The first-order valence-corrected chi connectivity index (χ1v) is 3.15. The Bertz CT molecular complexity index is 73.6. The third kappa shape index (κ3) is 2.75. The Labute approximate surface area is 54.7 Å². The normalized spacial score (nSPS) is 12.7. The molecule has 0 aromatic rings. The number of hydrogen-bond donors (Lipinski definition) is 0. The smallest absolute Gasteiger partial charge is 0.245 e. The second kappa shape index (κ2) is 3.11. The molecule has 0 bridgehead atoms. The Morgan fingerprint density at radius 1 is 1.22 bits per heavy atom. The van der Waals surface area contributed by atoms with Crippen molar-refractivity contribution in [2.24, 2.45) is 0 Å². The molecule has 0 saturated heterocycles. The fraction of sp³-hybridized carbons (Fsp3) is 1.00. The molecule has 3 heteroatoms. The lowest BCUT2D eigenvalue weighted by molar-refractivity contribution is -0.125. The van der Waals surface area contributed by atoms with Gasteiger partial charge in [0, 0.05) is 20.0 Å². The number of rotatable bonds is 3. The molecule has 0 fully saturated rings. The van der Waals surface area contributed by atoms with Gasteiger partial charge in [-0.3, -0.25) is 0 Å². The summed E-state index contributed by atoms with van der Waals surface area (Å²) in [5, 5.41) is 0. The minimum Gasteiger partial charge on any atom is -0.245 e. The number of alkyl halides is 2. The van der Waals surface area contributed by atoms with Crippen molar-refractivity contribution in [2.45, 2.75) is 26.8 Å². The average molecular weight is 137 g/mol. The number of nitrogens with zero attached hydrogens (tertiary/aromatic N) is 1. The molecule has 0 N–H and O–H groups in total. The van der Waals surface area contributed by atoms with E-state index in [0.717, 1.165) is 11.8 Å². The second-order valence-electron chi connectivity index (χ2n) is 2.01. The van der Waals surface area contributed by atoms with Gasteiger partial charge in [-0.1, -0.05) is 13.8 Å². The Morgan fingerprint density at radius 3 is 1.56 bits per heavy atom. The molecule has 0 rings (SSSR count). The van der Waals surface area contributed by atoms with Crippen LogP contribution in [0, 0.1) is 0 Å². The Kier molecular flexibility index (Phi) is 3.04. The third-order valence-electron chi connectivity index (χ3n) is 1.32. The van der Waals surface area contributed by atoms with Crippen molar-refractivity contribution < 1.29 is 8.78 Å². The van der Waals surface area contributed by atoms with Crippen LogP contribution in [0.4, 0.5) is 8.78 Å². The van der Waals surface area contributed by atoms with Crippen LogP contribution in [0.3, 0.4) is 0 Å². The second-order valence-corrected chi connectivity index (χ2v) is 2.01.